The molecule has 1 fully saturated rings. The van der Waals surface area contributed by atoms with Crippen LogP contribution in [-0.4, -0.2) is 49.1 Å². The van der Waals surface area contributed by atoms with Crippen molar-refractivity contribution in [3.05, 3.63) is 40.9 Å². The monoisotopic (exact) mass is 470 g/mol. The molecular weight excluding hydrogens is 448 g/mol. The Balaban J connectivity index is 1.47. The number of piperidine rings is 1. The highest BCUT2D eigenvalue weighted by Crippen LogP contribution is 2.30. The predicted octanol–water partition coefficient (Wildman–Crippen LogP) is 4.40. The first-order valence-corrected chi connectivity index (χ1v) is 10.6. The number of rotatable bonds is 2. The van der Waals surface area contributed by atoms with E-state index in [-0.39, 0.29) is 12.1 Å². The minimum atomic E-state index is -0.483. The van der Waals surface area contributed by atoms with E-state index in [1.54, 1.807) is 15.6 Å². The van der Waals surface area contributed by atoms with Crippen molar-refractivity contribution in [2.45, 2.75) is 45.3 Å². The van der Waals surface area contributed by atoms with Gasteiger partial charge in [0.2, 0.25) is 0 Å². The van der Waals surface area contributed by atoms with E-state index in [4.69, 9.17) is 4.74 Å². The number of carbonyl (C=O) groups is 1. The van der Waals surface area contributed by atoms with Crippen LogP contribution in [0.25, 0.3) is 16.6 Å². The molecule has 8 nitrogen and oxygen atoms in total. The quantitative estimate of drug-likeness (QED) is 0.553. The fraction of sp³-hybridized carbons (Fsp3) is 0.429. The zero-order chi connectivity index (χ0) is 21.5. The number of likely N-dealkylation sites (tertiary alicyclic amines) is 1. The average molecular weight is 471 g/mol. The van der Waals surface area contributed by atoms with Gasteiger partial charge in [0.25, 0.3) is 0 Å². The smallest absolute Gasteiger partial charge is 0.410 e. The van der Waals surface area contributed by atoms with Gasteiger partial charge in [-0.05, 0) is 55.6 Å². The zero-order valence-corrected chi connectivity index (χ0v) is 18.8. The lowest BCUT2D eigenvalue weighted by Crippen LogP contribution is -2.42. The number of pyridine rings is 1. The van der Waals surface area contributed by atoms with Crippen LogP contribution >= 0.6 is 15.9 Å². The molecule has 0 unspecified atom stereocenters. The van der Waals surface area contributed by atoms with Crippen LogP contribution in [0.5, 0.6) is 0 Å². The summed E-state index contributed by atoms with van der Waals surface area (Å²) in [4.78, 5) is 14.0. The summed E-state index contributed by atoms with van der Waals surface area (Å²) in [6, 6.07) is 4.37. The van der Waals surface area contributed by atoms with Gasteiger partial charge in [0, 0.05) is 41.1 Å². The number of nitrogens with zero attached hydrogens (tertiary/aromatic N) is 6. The first-order chi connectivity index (χ1) is 14.2. The molecule has 0 aromatic carbocycles. The van der Waals surface area contributed by atoms with Crippen LogP contribution < -0.4 is 0 Å². The first-order valence-electron chi connectivity index (χ1n) is 9.84. The maximum atomic E-state index is 12.3. The molecule has 0 radical (unpaired) electrons. The van der Waals surface area contributed by atoms with Gasteiger partial charge in [-0.3, -0.25) is 4.68 Å². The van der Waals surface area contributed by atoms with E-state index in [0.29, 0.717) is 18.7 Å². The van der Waals surface area contributed by atoms with Gasteiger partial charge in [-0.2, -0.15) is 15.5 Å². The van der Waals surface area contributed by atoms with Gasteiger partial charge in [0.15, 0.2) is 0 Å². The third-order valence-corrected chi connectivity index (χ3v) is 5.72. The van der Waals surface area contributed by atoms with Crippen molar-refractivity contribution in [2.24, 2.45) is 0 Å². The fourth-order valence-electron chi connectivity index (χ4n) is 3.64. The van der Waals surface area contributed by atoms with E-state index >= 15 is 0 Å². The summed E-state index contributed by atoms with van der Waals surface area (Å²) in [5, 5.41) is 18.1. The number of carbonyl (C=O) groups excluding carboxylic acids is 1. The summed E-state index contributed by atoms with van der Waals surface area (Å²) in [5.41, 5.74) is 2.73. The minimum Gasteiger partial charge on any atom is -0.444 e. The molecule has 0 N–H and O–H groups in total. The Labute approximate surface area is 183 Å². The third-order valence-electron chi connectivity index (χ3n) is 5.11. The van der Waals surface area contributed by atoms with Crippen LogP contribution in [0.15, 0.2) is 35.3 Å². The molecule has 3 aromatic rings. The Hall–Kier alpha value is -2.86. The molecule has 0 saturated carbocycles. The Bertz CT molecular complexity index is 1130. The van der Waals surface area contributed by atoms with Crippen LogP contribution in [0.3, 0.4) is 0 Å². The lowest BCUT2D eigenvalue weighted by Gasteiger charge is -2.33. The number of hydrogen-bond acceptors (Lipinski definition) is 5. The molecule has 0 spiro atoms. The molecule has 4 heterocycles. The largest absolute Gasteiger partial charge is 0.444 e. The van der Waals surface area contributed by atoms with E-state index in [1.165, 1.54) is 0 Å². The van der Waals surface area contributed by atoms with E-state index in [9.17, 15) is 10.1 Å². The molecule has 156 valence electrons. The van der Waals surface area contributed by atoms with Gasteiger partial charge in [-0.1, -0.05) is 0 Å². The van der Waals surface area contributed by atoms with Crippen molar-refractivity contribution in [3.63, 3.8) is 0 Å². The second-order valence-electron chi connectivity index (χ2n) is 8.45. The number of hydrogen-bond donors (Lipinski definition) is 0. The average Bonchev–Trinajstić information content (AvgIpc) is 3.34. The molecular formula is C21H23BrN6O2. The van der Waals surface area contributed by atoms with Crippen molar-refractivity contribution in [3.8, 4) is 17.2 Å². The zero-order valence-electron chi connectivity index (χ0n) is 17.2. The highest BCUT2D eigenvalue weighted by Gasteiger charge is 2.28. The third kappa shape index (κ3) is 4.05. The van der Waals surface area contributed by atoms with Crippen molar-refractivity contribution < 1.29 is 9.53 Å². The normalized spacial score (nSPS) is 15.4. The summed E-state index contributed by atoms with van der Waals surface area (Å²) >= 11 is 3.55. The van der Waals surface area contributed by atoms with E-state index in [0.717, 1.165) is 34.0 Å². The minimum absolute atomic E-state index is 0.236. The SMILES string of the molecule is CC(C)(C)OC(=O)N1CCC(n2cc(-c3cc(Br)c4c(C#N)cnn4c3)cn2)CC1. The molecule has 3 aromatic heterocycles. The summed E-state index contributed by atoms with van der Waals surface area (Å²) in [5.74, 6) is 0. The molecule has 0 bridgehead atoms. The highest BCUT2D eigenvalue weighted by atomic mass is 79.9. The summed E-state index contributed by atoms with van der Waals surface area (Å²) in [7, 11) is 0. The second kappa shape index (κ2) is 7.76. The van der Waals surface area contributed by atoms with Gasteiger partial charge < -0.3 is 9.64 Å². The van der Waals surface area contributed by atoms with Crippen molar-refractivity contribution >= 4 is 27.5 Å². The Morgan fingerprint density at radius 3 is 2.60 bits per heavy atom. The molecule has 1 amide bonds. The van der Waals surface area contributed by atoms with Gasteiger partial charge in [0.05, 0.1) is 29.5 Å². The fourth-order valence-corrected chi connectivity index (χ4v) is 4.28. The number of fused-ring (bicyclic) bond motifs is 1. The summed E-state index contributed by atoms with van der Waals surface area (Å²) < 4.78 is 9.96. The lowest BCUT2D eigenvalue weighted by atomic mass is 10.1. The second-order valence-corrected chi connectivity index (χ2v) is 9.30. The molecule has 1 aliphatic heterocycles. The first kappa shape index (κ1) is 20.4. The van der Waals surface area contributed by atoms with Crippen LogP contribution in [0.2, 0.25) is 0 Å². The number of nitriles is 1. The molecule has 9 heteroatoms. The predicted molar refractivity (Wildman–Crippen MR) is 115 cm³/mol. The Morgan fingerprint density at radius 1 is 1.20 bits per heavy atom. The standard InChI is InChI=1S/C21H23BrN6O2/c1-21(2,3)30-20(29)26-6-4-17(5-7-26)27-13-16(11-24-27)14-8-18(22)19-15(9-23)10-25-28(19)12-14/h8,10-13,17H,4-7H2,1-3H3. The van der Waals surface area contributed by atoms with Crippen LogP contribution in [0.1, 0.15) is 45.2 Å². The topological polar surface area (TPSA) is 88.5 Å². The van der Waals surface area contributed by atoms with Crippen molar-refractivity contribution in [2.75, 3.05) is 13.1 Å². The molecule has 1 saturated heterocycles. The Morgan fingerprint density at radius 2 is 1.93 bits per heavy atom. The summed E-state index contributed by atoms with van der Waals surface area (Å²) in [6.07, 6.45) is 8.72. The maximum Gasteiger partial charge on any atom is 0.410 e. The van der Waals surface area contributed by atoms with Gasteiger partial charge in [0.1, 0.15) is 11.7 Å². The van der Waals surface area contributed by atoms with E-state index in [2.05, 4.69) is 32.2 Å². The van der Waals surface area contributed by atoms with Gasteiger partial charge in [-0.25, -0.2) is 9.31 Å². The van der Waals surface area contributed by atoms with Crippen molar-refractivity contribution in [1.82, 2.24) is 24.3 Å². The maximum absolute atomic E-state index is 12.3. The Kier molecular flexibility index (Phi) is 5.28. The molecule has 1 aliphatic rings. The van der Waals surface area contributed by atoms with Gasteiger partial charge >= 0.3 is 6.09 Å². The highest BCUT2D eigenvalue weighted by molar-refractivity contribution is 9.10. The summed E-state index contributed by atoms with van der Waals surface area (Å²) in [6.45, 7) is 6.93. The number of halogens is 1. The van der Waals surface area contributed by atoms with Gasteiger partial charge in [-0.15, -0.1) is 0 Å². The number of aromatic nitrogens is 4. The lowest BCUT2D eigenvalue weighted by molar-refractivity contribution is 0.0185. The molecule has 4 rings (SSSR count). The molecule has 0 atom stereocenters. The van der Waals surface area contributed by atoms with Crippen LogP contribution in [-0.2, 0) is 4.74 Å². The van der Waals surface area contributed by atoms with Crippen LogP contribution in [0.4, 0.5) is 4.79 Å². The van der Waals surface area contributed by atoms with Crippen LogP contribution in [0, 0.1) is 11.3 Å². The van der Waals surface area contributed by atoms with Crippen molar-refractivity contribution in [1.29, 1.82) is 5.26 Å². The number of ether oxygens (including phenoxy) is 1. The van der Waals surface area contributed by atoms with E-state index in [1.807, 2.05) is 50.1 Å². The number of amides is 1. The molecule has 30 heavy (non-hydrogen) atoms. The van der Waals surface area contributed by atoms with E-state index < -0.39 is 5.60 Å². The molecule has 0 aliphatic carbocycles.